The molecule has 2 bridgehead atoms. The lowest BCUT2D eigenvalue weighted by Gasteiger charge is -2.36. The summed E-state index contributed by atoms with van der Waals surface area (Å²) in [7, 11) is 7.33. The number of nitrogens with one attached hydrogen (secondary N) is 1. The number of hydrogen-bond acceptors (Lipinski definition) is 17. The summed E-state index contributed by atoms with van der Waals surface area (Å²) in [5.41, 5.74) is 1.24. The first-order valence-electron chi connectivity index (χ1n) is 32.8. The van der Waals surface area contributed by atoms with E-state index in [0.29, 0.717) is 61.8 Å². The van der Waals surface area contributed by atoms with Crippen LogP contribution in [0.4, 0.5) is 9.18 Å². The van der Waals surface area contributed by atoms with Gasteiger partial charge in [-0.3, -0.25) is 33.6 Å². The number of carbonyl (C=O) groups excluding carboxylic acids is 10. The molecular formula is C74H87FN6O17. The molecule has 0 unspecified atom stereocenters. The Labute approximate surface area is 570 Å². The zero-order valence-corrected chi connectivity index (χ0v) is 56.6. The summed E-state index contributed by atoms with van der Waals surface area (Å²) in [4.78, 5) is 149. The zero-order valence-electron chi connectivity index (χ0n) is 56.6. The highest BCUT2D eigenvalue weighted by molar-refractivity contribution is 6.38. The number of fused-ring (bicyclic) bond motifs is 3. The molecule has 1 N–H and O–H groups in total. The number of rotatable bonds is 12. The SMILES string of the molecule is COc1ccc(CC[C@H]2OC(=O)[C@@H]3CCCCN3C(=O)C(=O)C(C)(C)COC(=O)C=CCCN(C)C(=O)[C@@H](Cc3ccccc3)NC(=O)CN(C)C(=O)[C@@H](Cc3ccccc3)CC(=O)[C@H](Cc3ccc(OC(=O)N4CCOCC4)cc3)N(C)C(=O)COc3cc(F)cc2c3)cc1OC. The number of ketones is 2. The summed E-state index contributed by atoms with van der Waals surface area (Å²) in [6, 6.07) is 29.5. The lowest BCUT2D eigenvalue weighted by Crippen LogP contribution is -2.53. The lowest BCUT2D eigenvalue weighted by molar-refractivity contribution is -0.165. The van der Waals surface area contributed by atoms with Crippen molar-refractivity contribution >= 4 is 59.1 Å². The number of methoxy groups -OCH3 is 2. The van der Waals surface area contributed by atoms with Crippen molar-refractivity contribution in [2.45, 2.75) is 102 Å². The monoisotopic (exact) mass is 1350 g/mol. The van der Waals surface area contributed by atoms with E-state index in [-0.39, 0.29) is 75.1 Å². The Kier molecular flexibility index (Phi) is 26.6. The number of hydrogen-bond donors (Lipinski definition) is 1. The summed E-state index contributed by atoms with van der Waals surface area (Å²) in [5.74, 6) is -7.62. The van der Waals surface area contributed by atoms with Gasteiger partial charge in [-0.05, 0) is 129 Å². The van der Waals surface area contributed by atoms with Gasteiger partial charge in [0.05, 0.1) is 45.4 Å². The maximum absolute atomic E-state index is 16.2. The topological polar surface area (TPSA) is 264 Å². The van der Waals surface area contributed by atoms with Crippen LogP contribution in [0, 0.1) is 17.2 Å². The van der Waals surface area contributed by atoms with Crippen LogP contribution in [0.25, 0.3) is 0 Å². The van der Waals surface area contributed by atoms with E-state index >= 15 is 9.18 Å². The van der Waals surface area contributed by atoms with E-state index in [4.69, 9.17) is 33.2 Å². The van der Waals surface area contributed by atoms with Crippen LogP contribution in [0.2, 0.25) is 0 Å². The van der Waals surface area contributed by atoms with Gasteiger partial charge in [0, 0.05) is 78.2 Å². The number of halogens is 1. The molecule has 8 rings (SSSR count). The highest BCUT2D eigenvalue weighted by atomic mass is 19.1. The molecule has 98 heavy (non-hydrogen) atoms. The molecule has 2 saturated heterocycles. The number of cyclic esters (lactones) is 2. The number of amides is 6. The molecule has 3 heterocycles. The standard InChI is InChI=1S/C74H87FN6O17/c1-74(2)48-96-67(85)23-15-16-32-77(3)70(88)58(39-50-20-12-9-13-21-50)76-65(83)46-78(4)69(87)54(38-49-18-10-8-11-19-49)44-61(82)60(40-51-24-28-56(29-25-51)97-73(91)80-34-36-94-37-35-80)79(5)66(84)47-95-57-43-53(42-55(75)45-57)62(30-26-52-27-31-63(92-6)64(41-52)93-7)98-72(90)59-22-14-17-33-81(59)71(89)68(74)86/h8-13,15,18-21,23-25,27-29,31,41-43,45,54,58-60,62H,14,16-17,22,26,30,32-40,44,46-48H2,1-7H3,(H,76,83)/t54-,58+,59-,60-,62+/m0/s1. The van der Waals surface area contributed by atoms with E-state index in [1.165, 1.54) is 81.0 Å². The van der Waals surface area contributed by atoms with Crippen LogP contribution >= 0.6 is 0 Å². The van der Waals surface area contributed by atoms with E-state index < -0.39 is 127 Å². The van der Waals surface area contributed by atoms with Gasteiger partial charge in [-0.15, -0.1) is 0 Å². The molecular weight excluding hydrogens is 1260 g/mol. The van der Waals surface area contributed by atoms with Gasteiger partial charge in [-0.1, -0.05) is 84.9 Å². The number of esters is 2. The van der Waals surface area contributed by atoms with E-state index in [2.05, 4.69) is 5.32 Å². The van der Waals surface area contributed by atoms with Gasteiger partial charge in [-0.25, -0.2) is 18.8 Å². The Bertz CT molecular complexity index is 3660. The number of nitrogens with zero attached hydrogens (tertiary/aromatic N) is 5. The van der Waals surface area contributed by atoms with Gasteiger partial charge in [0.15, 0.2) is 23.9 Å². The summed E-state index contributed by atoms with van der Waals surface area (Å²) in [5, 5.41) is 2.82. The summed E-state index contributed by atoms with van der Waals surface area (Å²) in [6.45, 7) is 2.63. The van der Waals surface area contributed by atoms with Crippen molar-refractivity contribution in [2.24, 2.45) is 11.3 Å². The Balaban J connectivity index is 1.13. The number of carbonyl (C=O) groups is 10. The molecule has 0 saturated carbocycles. The first-order valence-corrected chi connectivity index (χ1v) is 32.8. The molecule has 5 atom stereocenters. The number of morpholine rings is 1. The molecule has 0 aromatic heterocycles. The van der Waals surface area contributed by atoms with Crippen LogP contribution in [-0.4, -0.2) is 196 Å². The average molecular weight is 1350 g/mol. The average Bonchev–Trinajstić information content (AvgIpc) is 0.810. The highest BCUT2D eigenvalue weighted by Gasteiger charge is 2.43. The number of benzene rings is 5. The van der Waals surface area contributed by atoms with E-state index in [0.717, 1.165) is 34.2 Å². The molecule has 522 valence electrons. The molecule has 0 radical (unpaired) electrons. The van der Waals surface area contributed by atoms with Gasteiger partial charge < -0.3 is 63.0 Å². The number of Topliss-reactive ketones (excluding diaryl/α,β-unsaturated/α-hetero) is 2. The lowest BCUT2D eigenvalue weighted by atomic mass is 9.87. The fourth-order valence-corrected chi connectivity index (χ4v) is 11.9. The minimum atomic E-state index is -1.57. The van der Waals surface area contributed by atoms with Crippen LogP contribution in [0.15, 0.2) is 133 Å². The minimum absolute atomic E-state index is 0.0192. The van der Waals surface area contributed by atoms with Crippen LogP contribution in [0.5, 0.6) is 23.0 Å². The number of aryl methyl sites for hydroxylation is 1. The minimum Gasteiger partial charge on any atom is -0.493 e. The molecule has 6 amide bonds. The Morgan fingerprint density at radius 2 is 1.36 bits per heavy atom. The van der Waals surface area contributed by atoms with Crippen molar-refractivity contribution in [3.8, 4) is 23.0 Å². The van der Waals surface area contributed by atoms with Crippen molar-refractivity contribution < 1.29 is 85.5 Å². The second-order valence-electron chi connectivity index (χ2n) is 25.3. The van der Waals surface area contributed by atoms with Crippen LogP contribution in [-0.2, 0) is 83.0 Å². The predicted octanol–water partition coefficient (Wildman–Crippen LogP) is 7.28. The van der Waals surface area contributed by atoms with Crippen molar-refractivity contribution in [3.05, 3.63) is 167 Å². The van der Waals surface area contributed by atoms with E-state index in [1.54, 1.807) is 97.1 Å². The van der Waals surface area contributed by atoms with E-state index in [9.17, 15) is 43.2 Å². The molecule has 24 heteroatoms. The van der Waals surface area contributed by atoms with Gasteiger partial charge in [0.25, 0.3) is 11.8 Å². The number of piperidine rings is 1. The largest absolute Gasteiger partial charge is 0.493 e. The second kappa shape index (κ2) is 35.3. The summed E-state index contributed by atoms with van der Waals surface area (Å²) in [6.07, 6.45) is 1.91. The molecule has 3 aliphatic heterocycles. The fraction of sp³-hybridized carbons (Fsp3) is 0.432. The smallest absolute Gasteiger partial charge is 0.415 e. The molecule has 23 nitrogen and oxygen atoms in total. The highest BCUT2D eigenvalue weighted by Crippen LogP contribution is 2.34. The molecule has 5 aromatic rings. The van der Waals surface area contributed by atoms with Gasteiger partial charge >= 0.3 is 18.0 Å². The third kappa shape index (κ3) is 20.8. The molecule has 5 aromatic carbocycles. The van der Waals surface area contributed by atoms with E-state index in [1.807, 2.05) is 6.07 Å². The van der Waals surface area contributed by atoms with Gasteiger partial charge in [0.2, 0.25) is 23.5 Å². The quantitative estimate of drug-likeness (QED) is 0.0950. The number of likely N-dealkylation sites (N-methyl/N-ethyl adjacent to an activating group) is 3. The fourth-order valence-electron chi connectivity index (χ4n) is 11.9. The first-order chi connectivity index (χ1) is 47.0. The normalized spacial score (nSPS) is 21.2. The zero-order chi connectivity index (χ0) is 70.5. The molecule has 3 aliphatic rings. The van der Waals surface area contributed by atoms with Gasteiger partial charge in [0.1, 0.15) is 42.1 Å². The van der Waals surface area contributed by atoms with Crippen LogP contribution in [0.3, 0.4) is 0 Å². The van der Waals surface area contributed by atoms with Crippen LogP contribution < -0.4 is 24.3 Å². The maximum atomic E-state index is 16.2. The van der Waals surface area contributed by atoms with Crippen molar-refractivity contribution in [2.75, 3.05) is 94.5 Å². The van der Waals surface area contributed by atoms with Crippen molar-refractivity contribution in [3.63, 3.8) is 0 Å². The van der Waals surface area contributed by atoms with Crippen molar-refractivity contribution in [1.82, 2.24) is 29.8 Å². The third-order valence-corrected chi connectivity index (χ3v) is 17.6. The Morgan fingerprint density at radius 1 is 0.694 bits per heavy atom. The Morgan fingerprint density at radius 3 is 2.04 bits per heavy atom. The second-order valence-corrected chi connectivity index (χ2v) is 25.3. The van der Waals surface area contributed by atoms with Gasteiger partial charge in [-0.2, -0.15) is 0 Å². The predicted molar refractivity (Wildman–Crippen MR) is 357 cm³/mol. The third-order valence-electron chi connectivity index (χ3n) is 17.6. The van der Waals surface area contributed by atoms with Crippen molar-refractivity contribution in [1.29, 1.82) is 0 Å². The maximum Gasteiger partial charge on any atom is 0.415 e. The summed E-state index contributed by atoms with van der Waals surface area (Å²) < 4.78 is 56.0. The molecule has 2 fully saturated rings. The Hall–Kier alpha value is -9.97. The first kappa shape index (κ1) is 73.8. The molecule has 0 aliphatic carbocycles. The number of ether oxygens (including phenoxy) is 7. The summed E-state index contributed by atoms with van der Waals surface area (Å²) >= 11 is 0. The molecule has 0 spiro atoms. The van der Waals surface area contributed by atoms with Crippen LogP contribution in [0.1, 0.15) is 86.3 Å².